The number of amides is 1. The third-order valence-electron chi connectivity index (χ3n) is 5.62. The van der Waals surface area contributed by atoms with Gasteiger partial charge in [-0.15, -0.1) is 0 Å². The van der Waals surface area contributed by atoms with E-state index in [2.05, 4.69) is 5.10 Å². The SMILES string of the molecule is Cc1cc(F)cc(C2[C@H](O)CCN2C(=O)Cn2nc(C3CC3)cc2C(C)(F)F)c1. The van der Waals surface area contributed by atoms with Crippen molar-refractivity contribution in [2.75, 3.05) is 6.54 Å². The molecule has 2 fully saturated rings. The van der Waals surface area contributed by atoms with E-state index < -0.39 is 29.8 Å². The van der Waals surface area contributed by atoms with Crippen molar-refractivity contribution in [1.82, 2.24) is 14.7 Å². The molecule has 5 nitrogen and oxygen atoms in total. The van der Waals surface area contributed by atoms with Crippen molar-refractivity contribution in [1.29, 1.82) is 0 Å². The number of likely N-dealkylation sites (tertiary alicyclic amines) is 1. The lowest BCUT2D eigenvalue weighted by Gasteiger charge is -2.27. The van der Waals surface area contributed by atoms with E-state index in [1.165, 1.54) is 23.1 Å². The van der Waals surface area contributed by atoms with E-state index in [-0.39, 0.29) is 24.7 Å². The summed E-state index contributed by atoms with van der Waals surface area (Å²) < 4.78 is 43.1. The molecule has 1 aromatic carbocycles. The third kappa shape index (κ3) is 4.03. The minimum absolute atomic E-state index is 0.184. The zero-order valence-corrected chi connectivity index (χ0v) is 16.4. The molecule has 1 saturated heterocycles. The first-order valence-corrected chi connectivity index (χ1v) is 9.84. The van der Waals surface area contributed by atoms with Gasteiger partial charge in [0.05, 0.1) is 17.8 Å². The van der Waals surface area contributed by atoms with E-state index >= 15 is 0 Å². The minimum Gasteiger partial charge on any atom is -0.391 e. The fraction of sp³-hybridized carbons (Fsp3) is 0.524. The molecule has 1 aliphatic heterocycles. The zero-order valence-electron chi connectivity index (χ0n) is 16.4. The van der Waals surface area contributed by atoms with Gasteiger partial charge < -0.3 is 10.0 Å². The maximum atomic E-state index is 14.1. The van der Waals surface area contributed by atoms with Gasteiger partial charge in [-0.25, -0.2) is 4.39 Å². The lowest BCUT2D eigenvalue weighted by molar-refractivity contribution is -0.134. The van der Waals surface area contributed by atoms with Gasteiger partial charge in [0.1, 0.15) is 18.1 Å². The van der Waals surface area contributed by atoms with Gasteiger partial charge >= 0.3 is 0 Å². The molecule has 1 amide bonds. The molecule has 1 unspecified atom stereocenters. The Hall–Kier alpha value is -2.35. The smallest absolute Gasteiger partial charge is 0.286 e. The van der Waals surface area contributed by atoms with Gasteiger partial charge in [-0.05, 0) is 55.5 Å². The number of alkyl halides is 2. The van der Waals surface area contributed by atoms with Crippen LogP contribution in [0.2, 0.25) is 0 Å². The van der Waals surface area contributed by atoms with Gasteiger partial charge in [-0.1, -0.05) is 6.07 Å². The largest absolute Gasteiger partial charge is 0.391 e. The minimum atomic E-state index is -3.12. The van der Waals surface area contributed by atoms with Crippen LogP contribution in [0.15, 0.2) is 24.3 Å². The van der Waals surface area contributed by atoms with Crippen molar-refractivity contribution < 1.29 is 23.1 Å². The second-order valence-electron chi connectivity index (χ2n) is 8.22. The lowest BCUT2D eigenvalue weighted by Crippen LogP contribution is -2.36. The van der Waals surface area contributed by atoms with E-state index in [9.17, 15) is 23.1 Å². The Labute approximate surface area is 167 Å². The Morgan fingerprint density at radius 2 is 1.97 bits per heavy atom. The van der Waals surface area contributed by atoms with E-state index in [1.54, 1.807) is 13.0 Å². The first kappa shape index (κ1) is 19.9. The number of hydrogen-bond acceptors (Lipinski definition) is 3. The number of nitrogens with zero attached hydrogens (tertiary/aromatic N) is 3. The van der Waals surface area contributed by atoms with Gasteiger partial charge in [-0.3, -0.25) is 9.48 Å². The number of aryl methyl sites for hydroxylation is 1. The first-order chi connectivity index (χ1) is 13.6. The van der Waals surface area contributed by atoms with Crippen LogP contribution in [0.4, 0.5) is 13.2 Å². The summed E-state index contributed by atoms with van der Waals surface area (Å²) in [5, 5.41) is 14.7. The van der Waals surface area contributed by atoms with Gasteiger partial charge in [-0.2, -0.15) is 13.9 Å². The van der Waals surface area contributed by atoms with Gasteiger partial charge in [0.2, 0.25) is 5.91 Å². The molecule has 0 spiro atoms. The highest BCUT2D eigenvalue weighted by Gasteiger charge is 2.39. The average molecular weight is 407 g/mol. The maximum Gasteiger partial charge on any atom is 0.286 e. The van der Waals surface area contributed by atoms with Crippen molar-refractivity contribution in [3.63, 3.8) is 0 Å². The highest BCUT2D eigenvalue weighted by Crippen LogP contribution is 2.41. The molecule has 2 aromatic rings. The van der Waals surface area contributed by atoms with Crippen molar-refractivity contribution in [2.45, 2.75) is 63.6 Å². The normalized spacial score (nSPS) is 22.3. The summed E-state index contributed by atoms with van der Waals surface area (Å²) in [6.45, 7) is 2.45. The van der Waals surface area contributed by atoms with Crippen LogP contribution in [0.3, 0.4) is 0 Å². The highest BCUT2D eigenvalue weighted by atomic mass is 19.3. The van der Waals surface area contributed by atoms with Crippen LogP contribution in [-0.4, -0.2) is 38.3 Å². The number of carbonyl (C=O) groups is 1. The highest BCUT2D eigenvalue weighted by molar-refractivity contribution is 5.77. The summed E-state index contributed by atoms with van der Waals surface area (Å²) in [5.41, 5.74) is 1.49. The predicted octanol–water partition coefficient (Wildman–Crippen LogP) is 3.65. The van der Waals surface area contributed by atoms with Crippen LogP contribution >= 0.6 is 0 Å². The molecule has 8 heteroatoms. The van der Waals surface area contributed by atoms with Crippen molar-refractivity contribution in [3.05, 3.63) is 52.6 Å². The van der Waals surface area contributed by atoms with Gasteiger partial charge in [0.25, 0.3) is 5.92 Å². The van der Waals surface area contributed by atoms with E-state index in [0.717, 1.165) is 24.4 Å². The quantitative estimate of drug-likeness (QED) is 0.823. The van der Waals surface area contributed by atoms with Crippen molar-refractivity contribution in [3.8, 4) is 0 Å². The number of aromatic nitrogens is 2. The Morgan fingerprint density at radius 1 is 1.24 bits per heavy atom. The molecular formula is C21H24F3N3O2. The summed E-state index contributed by atoms with van der Waals surface area (Å²) in [5.74, 6) is -3.81. The predicted molar refractivity (Wildman–Crippen MR) is 100.0 cm³/mol. The first-order valence-electron chi connectivity index (χ1n) is 9.84. The Bertz CT molecular complexity index is 913. The molecule has 2 heterocycles. The fourth-order valence-corrected chi connectivity index (χ4v) is 4.10. The van der Waals surface area contributed by atoms with Gasteiger partial charge in [0, 0.05) is 19.4 Å². The molecule has 1 aromatic heterocycles. The number of benzene rings is 1. The van der Waals surface area contributed by atoms with E-state index in [0.29, 0.717) is 23.2 Å². The summed E-state index contributed by atoms with van der Waals surface area (Å²) in [7, 11) is 0. The monoisotopic (exact) mass is 407 g/mol. The zero-order chi connectivity index (χ0) is 20.9. The van der Waals surface area contributed by atoms with E-state index in [1.807, 2.05) is 0 Å². The maximum absolute atomic E-state index is 14.1. The molecule has 2 aliphatic rings. The molecule has 1 N–H and O–H groups in total. The number of aliphatic hydroxyl groups is 1. The summed E-state index contributed by atoms with van der Waals surface area (Å²) in [6.07, 6.45) is 1.33. The Kier molecular flexibility index (Phi) is 4.93. The molecule has 0 bridgehead atoms. The van der Waals surface area contributed by atoms with Crippen LogP contribution in [0.5, 0.6) is 0 Å². The molecule has 156 valence electrons. The second-order valence-corrected chi connectivity index (χ2v) is 8.22. The molecule has 1 aliphatic carbocycles. The summed E-state index contributed by atoms with van der Waals surface area (Å²) in [4.78, 5) is 14.4. The second kappa shape index (κ2) is 7.16. The number of hydrogen-bond donors (Lipinski definition) is 1. The van der Waals surface area contributed by atoms with Crippen LogP contribution < -0.4 is 0 Å². The molecular weight excluding hydrogens is 383 g/mol. The molecule has 4 rings (SSSR count). The number of carbonyl (C=O) groups excluding carboxylic acids is 1. The number of rotatable bonds is 5. The Balaban J connectivity index is 1.61. The fourth-order valence-electron chi connectivity index (χ4n) is 4.10. The number of aliphatic hydroxyl groups excluding tert-OH is 1. The van der Waals surface area contributed by atoms with Gasteiger partial charge in [0.15, 0.2) is 0 Å². The van der Waals surface area contributed by atoms with Crippen LogP contribution in [0.1, 0.15) is 60.7 Å². The summed E-state index contributed by atoms with van der Waals surface area (Å²) in [6, 6.07) is 5.08. The molecule has 1 saturated carbocycles. The van der Waals surface area contributed by atoms with E-state index in [4.69, 9.17) is 0 Å². The van der Waals surface area contributed by atoms with Crippen molar-refractivity contribution in [2.24, 2.45) is 0 Å². The number of halogens is 3. The van der Waals surface area contributed by atoms with Crippen molar-refractivity contribution >= 4 is 5.91 Å². The van der Waals surface area contributed by atoms with Crippen LogP contribution in [0.25, 0.3) is 0 Å². The third-order valence-corrected chi connectivity index (χ3v) is 5.62. The lowest BCUT2D eigenvalue weighted by atomic mass is 10.00. The Morgan fingerprint density at radius 3 is 2.59 bits per heavy atom. The standard InChI is InChI=1S/C21H24F3N3O2/c1-12-7-14(9-15(22)8-12)20-17(28)5-6-26(20)19(29)11-27-18(21(2,23)24)10-16(25-27)13-3-4-13/h7-10,13,17,20,28H,3-6,11H2,1-2H3/t17-,20?/m1/s1. The van der Waals surface area contributed by atoms with Crippen LogP contribution in [0, 0.1) is 12.7 Å². The molecule has 29 heavy (non-hydrogen) atoms. The summed E-state index contributed by atoms with van der Waals surface area (Å²) >= 11 is 0. The molecule has 2 atom stereocenters. The average Bonchev–Trinajstić information content (AvgIpc) is 3.25. The van der Waals surface area contributed by atoms with Crippen LogP contribution in [-0.2, 0) is 17.3 Å². The topological polar surface area (TPSA) is 58.4 Å². The molecule has 0 radical (unpaired) electrons.